The molecule has 3 N–H and O–H groups in total. The van der Waals surface area contributed by atoms with Crippen LogP contribution in [0.5, 0.6) is 0 Å². The van der Waals surface area contributed by atoms with Gasteiger partial charge in [-0.3, -0.25) is 4.79 Å². The van der Waals surface area contributed by atoms with E-state index in [1.807, 2.05) is 12.1 Å². The van der Waals surface area contributed by atoms with Crippen LogP contribution in [0.4, 0.5) is 5.69 Å². The predicted octanol–water partition coefficient (Wildman–Crippen LogP) is 3.73. The van der Waals surface area contributed by atoms with Crippen LogP contribution in [0, 0.1) is 0 Å². The molecule has 1 aliphatic rings. The third kappa shape index (κ3) is 3.99. The summed E-state index contributed by atoms with van der Waals surface area (Å²) < 4.78 is 0. The number of hydrogen-bond acceptors (Lipinski definition) is 2. The standard InChI is InChI=1S/C17H26N2O/c1-2-3-4-5-6-7-17(20)19-16-11-8-13-12-14(18)9-10-15(13)16/h9-10,12,16H,2-8,11,18H2,1H3,(H,19,20). The Morgan fingerprint density at radius 1 is 1.30 bits per heavy atom. The SMILES string of the molecule is CCCCCCCC(=O)NC1CCc2cc(N)ccc21. The van der Waals surface area contributed by atoms with Crippen LogP contribution in [0.1, 0.15) is 69.0 Å². The van der Waals surface area contributed by atoms with Crippen LogP contribution in [0.15, 0.2) is 18.2 Å². The second-order valence-electron chi connectivity index (χ2n) is 5.78. The van der Waals surface area contributed by atoms with Crippen molar-refractivity contribution in [1.29, 1.82) is 0 Å². The van der Waals surface area contributed by atoms with E-state index in [9.17, 15) is 4.79 Å². The van der Waals surface area contributed by atoms with E-state index in [-0.39, 0.29) is 11.9 Å². The van der Waals surface area contributed by atoms with Crippen LogP contribution in [0.3, 0.4) is 0 Å². The fourth-order valence-corrected chi connectivity index (χ4v) is 2.94. The molecule has 0 heterocycles. The third-order valence-electron chi connectivity index (χ3n) is 4.09. The zero-order chi connectivity index (χ0) is 14.4. The Balaban J connectivity index is 1.76. The monoisotopic (exact) mass is 274 g/mol. The van der Waals surface area contributed by atoms with Crippen molar-refractivity contribution in [2.75, 3.05) is 5.73 Å². The highest BCUT2D eigenvalue weighted by atomic mass is 16.1. The first-order valence-electron chi connectivity index (χ1n) is 7.88. The summed E-state index contributed by atoms with van der Waals surface area (Å²) in [7, 11) is 0. The Kier molecular flexibility index (Phi) is 5.45. The van der Waals surface area contributed by atoms with Gasteiger partial charge in [0.15, 0.2) is 0 Å². The van der Waals surface area contributed by atoms with Gasteiger partial charge in [-0.25, -0.2) is 0 Å². The number of unbranched alkanes of at least 4 members (excludes halogenated alkanes) is 4. The minimum Gasteiger partial charge on any atom is -0.399 e. The zero-order valence-corrected chi connectivity index (χ0v) is 12.5. The van der Waals surface area contributed by atoms with Crippen molar-refractivity contribution in [3.63, 3.8) is 0 Å². The lowest BCUT2D eigenvalue weighted by Gasteiger charge is -2.14. The minimum atomic E-state index is 0.189. The van der Waals surface area contributed by atoms with E-state index in [0.29, 0.717) is 6.42 Å². The number of benzene rings is 1. The largest absolute Gasteiger partial charge is 0.399 e. The van der Waals surface area contributed by atoms with Crippen molar-refractivity contribution in [3.8, 4) is 0 Å². The van der Waals surface area contributed by atoms with Crippen LogP contribution in [0.25, 0.3) is 0 Å². The number of carbonyl (C=O) groups is 1. The summed E-state index contributed by atoms with van der Waals surface area (Å²) >= 11 is 0. The summed E-state index contributed by atoms with van der Waals surface area (Å²) in [6, 6.07) is 6.21. The number of nitrogen functional groups attached to an aromatic ring is 1. The number of carbonyl (C=O) groups excluding carboxylic acids is 1. The van der Waals surface area contributed by atoms with E-state index in [2.05, 4.69) is 18.3 Å². The maximum atomic E-state index is 12.0. The number of fused-ring (bicyclic) bond motifs is 1. The minimum absolute atomic E-state index is 0.189. The summed E-state index contributed by atoms with van der Waals surface area (Å²) in [5.74, 6) is 0.191. The quantitative estimate of drug-likeness (QED) is 0.588. The summed E-state index contributed by atoms with van der Waals surface area (Å²) in [4.78, 5) is 12.0. The van der Waals surface area contributed by atoms with Crippen molar-refractivity contribution < 1.29 is 4.79 Å². The second kappa shape index (κ2) is 7.32. The number of nitrogens with one attached hydrogen (secondary N) is 1. The fraction of sp³-hybridized carbons (Fsp3) is 0.588. The van der Waals surface area contributed by atoms with Gasteiger partial charge in [0.05, 0.1) is 6.04 Å². The van der Waals surface area contributed by atoms with Crippen molar-refractivity contribution in [2.45, 2.75) is 64.3 Å². The summed E-state index contributed by atoms with van der Waals surface area (Å²) in [5.41, 5.74) is 9.15. The summed E-state index contributed by atoms with van der Waals surface area (Å²) in [6.07, 6.45) is 8.61. The van der Waals surface area contributed by atoms with Crippen molar-refractivity contribution in [2.24, 2.45) is 0 Å². The van der Waals surface area contributed by atoms with Crippen LogP contribution in [-0.4, -0.2) is 5.91 Å². The lowest BCUT2D eigenvalue weighted by Crippen LogP contribution is -2.26. The molecule has 1 aromatic rings. The first-order valence-corrected chi connectivity index (χ1v) is 7.88. The summed E-state index contributed by atoms with van der Waals surface area (Å²) in [5, 5.41) is 3.17. The fourth-order valence-electron chi connectivity index (χ4n) is 2.94. The smallest absolute Gasteiger partial charge is 0.220 e. The molecule has 2 rings (SSSR count). The predicted molar refractivity (Wildman–Crippen MR) is 83.4 cm³/mol. The number of hydrogen-bond donors (Lipinski definition) is 2. The van der Waals surface area contributed by atoms with E-state index in [1.165, 1.54) is 36.8 Å². The van der Waals surface area contributed by atoms with E-state index < -0.39 is 0 Å². The van der Waals surface area contributed by atoms with Crippen LogP contribution < -0.4 is 11.1 Å². The molecule has 0 bridgehead atoms. The number of nitrogens with two attached hydrogens (primary N) is 1. The Bertz CT molecular complexity index is 456. The molecule has 0 saturated heterocycles. The van der Waals surface area contributed by atoms with E-state index in [1.54, 1.807) is 0 Å². The van der Waals surface area contributed by atoms with Crippen molar-refractivity contribution in [3.05, 3.63) is 29.3 Å². The third-order valence-corrected chi connectivity index (χ3v) is 4.09. The Labute approximate surface area is 121 Å². The van der Waals surface area contributed by atoms with Gasteiger partial charge in [-0.2, -0.15) is 0 Å². The molecule has 1 unspecified atom stereocenters. The maximum absolute atomic E-state index is 12.0. The van der Waals surface area contributed by atoms with Crippen LogP contribution >= 0.6 is 0 Å². The molecule has 0 fully saturated rings. The zero-order valence-electron chi connectivity index (χ0n) is 12.5. The van der Waals surface area contributed by atoms with Crippen molar-refractivity contribution in [1.82, 2.24) is 5.32 Å². The van der Waals surface area contributed by atoms with Gasteiger partial charge in [0, 0.05) is 12.1 Å². The molecule has 0 spiro atoms. The Hall–Kier alpha value is -1.51. The summed E-state index contributed by atoms with van der Waals surface area (Å²) in [6.45, 7) is 2.21. The molecule has 0 aliphatic heterocycles. The molecule has 1 atom stereocenters. The topological polar surface area (TPSA) is 55.1 Å². The molecule has 0 aromatic heterocycles. The molecule has 110 valence electrons. The Morgan fingerprint density at radius 2 is 2.10 bits per heavy atom. The average Bonchev–Trinajstić information content (AvgIpc) is 2.81. The molecule has 1 aliphatic carbocycles. The molecule has 20 heavy (non-hydrogen) atoms. The first-order chi connectivity index (χ1) is 9.70. The molecule has 3 nitrogen and oxygen atoms in total. The number of rotatable bonds is 7. The highest BCUT2D eigenvalue weighted by molar-refractivity contribution is 5.76. The van der Waals surface area contributed by atoms with E-state index in [0.717, 1.165) is 24.9 Å². The number of aryl methyl sites for hydroxylation is 1. The maximum Gasteiger partial charge on any atom is 0.220 e. The highest BCUT2D eigenvalue weighted by Crippen LogP contribution is 2.32. The van der Waals surface area contributed by atoms with Crippen molar-refractivity contribution >= 4 is 11.6 Å². The second-order valence-corrected chi connectivity index (χ2v) is 5.78. The lowest BCUT2D eigenvalue weighted by atomic mass is 10.1. The molecular formula is C17H26N2O. The van der Waals surface area contributed by atoms with Gasteiger partial charge in [-0.15, -0.1) is 0 Å². The van der Waals surface area contributed by atoms with Gasteiger partial charge < -0.3 is 11.1 Å². The number of amides is 1. The van der Waals surface area contributed by atoms with E-state index >= 15 is 0 Å². The Morgan fingerprint density at radius 3 is 2.90 bits per heavy atom. The molecule has 0 saturated carbocycles. The molecule has 1 amide bonds. The highest BCUT2D eigenvalue weighted by Gasteiger charge is 2.23. The van der Waals surface area contributed by atoms with Gasteiger partial charge in [0.25, 0.3) is 0 Å². The molecule has 0 radical (unpaired) electrons. The number of anilines is 1. The van der Waals surface area contributed by atoms with Crippen LogP contribution in [0.2, 0.25) is 0 Å². The first kappa shape index (κ1) is 14.9. The van der Waals surface area contributed by atoms with Gasteiger partial charge in [-0.1, -0.05) is 38.7 Å². The lowest BCUT2D eigenvalue weighted by molar-refractivity contribution is -0.121. The van der Waals surface area contributed by atoms with Gasteiger partial charge >= 0.3 is 0 Å². The van der Waals surface area contributed by atoms with Gasteiger partial charge in [0.2, 0.25) is 5.91 Å². The van der Waals surface area contributed by atoms with Gasteiger partial charge in [-0.05, 0) is 42.5 Å². The van der Waals surface area contributed by atoms with Crippen LogP contribution in [-0.2, 0) is 11.2 Å². The van der Waals surface area contributed by atoms with E-state index in [4.69, 9.17) is 5.73 Å². The van der Waals surface area contributed by atoms with Gasteiger partial charge in [0.1, 0.15) is 0 Å². The average molecular weight is 274 g/mol. The molecule has 1 aromatic carbocycles. The molecule has 3 heteroatoms. The molecular weight excluding hydrogens is 248 g/mol. The normalized spacial score (nSPS) is 16.9.